The first kappa shape index (κ1) is 20.6. The lowest BCUT2D eigenvalue weighted by molar-refractivity contribution is -0.120. The zero-order chi connectivity index (χ0) is 21.3. The Kier molecular flexibility index (Phi) is 5.92. The molecule has 2 aliphatic rings. The minimum Gasteiger partial charge on any atom is -0.381 e. The summed E-state index contributed by atoms with van der Waals surface area (Å²) in [4.78, 5) is 25.0. The Balaban J connectivity index is 1.67. The van der Waals surface area contributed by atoms with Crippen LogP contribution in [0.4, 0.5) is 5.95 Å². The molecule has 3 heterocycles. The standard InChI is InChI=1S/C20H25ClN6O3/c1-13(18(22)28)27-19(24-26(20(27)29)12-14-7-10-30-11-8-14)25-9-6-17(23-25)15-2-4-16(21)5-3-15/h2-5,13-14H,6-12H2,1H3,(H2,22,28). The monoisotopic (exact) mass is 432 g/mol. The van der Waals surface area contributed by atoms with Gasteiger partial charge in [0.2, 0.25) is 11.9 Å². The van der Waals surface area contributed by atoms with Gasteiger partial charge in [0.05, 0.1) is 12.3 Å². The van der Waals surface area contributed by atoms with Crippen molar-refractivity contribution in [3.63, 3.8) is 0 Å². The molecule has 1 aromatic heterocycles. The molecule has 1 saturated heterocycles. The number of benzene rings is 1. The number of carbonyl (C=O) groups is 1. The van der Waals surface area contributed by atoms with E-state index in [1.165, 1.54) is 9.25 Å². The molecule has 1 unspecified atom stereocenters. The molecule has 4 rings (SSSR count). The minimum absolute atomic E-state index is 0.309. The molecule has 10 heteroatoms. The average Bonchev–Trinajstić information content (AvgIpc) is 3.34. The molecule has 0 bridgehead atoms. The summed E-state index contributed by atoms with van der Waals surface area (Å²) in [5.74, 6) is 0.0515. The Hall–Kier alpha value is -2.65. The third kappa shape index (κ3) is 4.13. The van der Waals surface area contributed by atoms with Crippen LogP contribution in [-0.4, -0.2) is 45.7 Å². The first-order chi connectivity index (χ1) is 14.4. The summed E-state index contributed by atoms with van der Waals surface area (Å²) >= 11 is 5.98. The number of nitrogens with two attached hydrogens (primary N) is 1. The molecule has 1 aromatic carbocycles. The molecule has 2 N–H and O–H groups in total. The van der Waals surface area contributed by atoms with Crippen molar-refractivity contribution in [3.05, 3.63) is 45.3 Å². The van der Waals surface area contributed by atoms with Crippen molar-refractivity contribution in [1.29, 1.82) is 0 Å². The Morgan fingerprint density at radius 1 is 1.30 bits per heavy atom. The highest BCUT2D eigenvalue weighted by Gasteiger charge is 2.29. The number of primary amides is 1. The van der Waals surface area contributed by atoms with Crippen LogP contribution in [0.15, 0.2) is 34.2 Å². The van der Waals surface area contributed by atoms with Crippen LogP contribution in [0.2, 0.25) is 5.02 Å². The van der Waals surface area contributed by atoms with E-state index >= 15 is 0 Å². The van der Waals surface area contributed by atoms with Gasteiger partial charge in [-0.05, 0) is 43.4 Å². The van der Waals surface area contributed by atoms with Crippen molar-refractivity contribution in [2.24, 2.45) is 16.8 Å². The summed E-state index contributed by atoms with van der Waals surface area (Å²) < 4.78 is 8.17. The molecule has 1 fully saturated rings. The van der Waals surface area contributed by atoms with Crippen LogP contribution >= 0.6 is 11.6 Å². The molecule has 2 aromatic rings. The van der Waals surface area contributed by atoms with E-state index in [4.69, 9.17) is 22.1 Å². The van der Waals surface area contributed by atoms with E-state index in [9.17, 15) is 9.59 Å². The second-order valence-electron chi connectivity index (χ2n) is 7.70. The molecule has 2 aliphatic heterocycles. The third-order valence-electron chi connectivity index (χ3n) is 5.63. The molecular formula is C20H25ClN6O3. The number of ether oxygens (including phenoxy) is 1. The van der Waals surface area contributed by atoms with Crippen LogP contribution in [-0.2, 0) is 16.1 Å². The maximum atomic E-state index is 13.1. The van der Waals surface area contributed by atoms with Gasteiger partial charge in [0.25, 0.3) is 0 Å². The van der Waals surface area contributed by atoms with Gasteiger partial charge >= 0.3 is 5.69 Å². The lowest BCUT2D eigenvalue weighted by Crippen LogP contribution is -2.36. The maximum Gasteiger partial charge on any atom is 0.348 e. The number of amides is 1. The lowest BCUT2D eigenvalue weighted by Gasteiger charge is -2.21. The molecule has 9 nitrogen and oxygen atoms in total. The van der Waals surface area contributed by atoms with E-state index in [1.54, 1.807) is 11.9 Å². The highest BCUT2D eigenvalue weighted by molar-refractivity contribution is 6.30. The molecule has 0 saturated carbocycles. The highest BCUT2D eigenvalue weighted by atomic mass is 35.5. The van der Waals surface area contributed by atoms with Crippen LogP contribution in [0.5, 0.6) is 0 Å². The zero-order valence-electron chi connectivity index (χ0n) is 16.8. The van der Waals surface area contributed by atoms with E-state index in [-0.39, 0.29) is 5.69 Å². The number of hydrogen-bond donors (Lipinski definition) is 1. The topological polar surface area (TPSA) is 108 Å². The molecule has 0 aliphatic carbocycles. The van der Waals surface area contributed by atoms with Crippen LogP contribution in [0.1, 0.15) is 37.8 Å². The van der Waals surface area contributed by atoms with Crippen LogP contribution < -0.4 is 16.4 Å². The van der Waals surface area contributed by atoms with Crippen LogP contribution in [0.25, 0.3) is 0 Å². The van der Waals surface area contributed by atoms with E-state index in [0.29, 0.717) is 49.6 Å². The van der Waals surface area contributed by atoms with Gasteiger partial charge in [-0.3, -0.25) is 4.79 Å². The largest absolute Gasteiger partial charge is 0.381 e. The minimum atomic E-state index is -0.828. The quantitative estimate of drug-likeness (QED) is 0.748. The number of carbonyl (C=O) groups excluding carboxylic acids is 1. The number of hydrazone groups is 1. The lowest BCUT2D eigenvalue weighted by atomic mass is 10.0. The van der Waals surface area contributed by atoms with Crippen molar-refractivity contribution in [2.75, 3.05) is 24.8 Å². The van der Waals surface area contributed by atoms with Gasteiger partial charge in [-0.1, -0.05) is 23.7 Å². The van der Waals surface area contributed by atoms with Gasteiger partial charge in [-0.15, -0.1) is 5.10 Å². The van der Waals surface area contributed by atoms with Crippen molar-refractivity contribution < 1.29 is 9.53 Å². The van der Waals surface area contributed by atoms with E-state index in [2.05, 4.69) is 10.2 Å². The summed E-state index contributed by atoms with van der Waals surface area (Å²) in [6, 6.07) is 6.62. The highest BCUT2D eigenvalue weighted by Crippen LogP contribution is 2.23. The fourth-order valence-electron chi connectivity index (χ4n) is 3.79. The smallest absolute Gasteiger partial charge is 0.348 e. The summed E-state index contributed by atoms with van der Waals surface area (Å²) in [6.07, 6.45) is 2.44. The number of aromatic nitrogens is 3. The Morgan fingerprint density at radius 3 is 2.67 bits per heavy atom. The Bertz CT molecular complexity index is 1010. The van der Waals surface area contributed by atoms with Crippen molar-refractivity contribution >= 4 is 29.2 Å². The van der Waals surface area contributed by atoms with Gasteiger partial charge < -0.3 is 10.5 Å². The molecule has 0 spiro atoms. The summed E-state index contributed by atoms with van der Waals surface area (Å²) in [5, 5.41) is 11.5. The Labute approximate surface area is 179 Å². The van der Waals surface area contributed by atoms with E-state index in [1.807, 2.05) is 24.3 Å². The molecular weight excluding hydrogens is 408 g/mol. The molecule has 30 heavy (non-hydrogen) atoms. The van der Waals surface area contributed by atoms with Gasteiger partial charge in [-0.25, -0.2) is 19.1 Å². The number of nitrogens with zero attached hydrogens (tertiary/aromatic N) is 5. The molecule has 0 radical (unpaired) electrons. The average molecular weight is 433 g/mol. The molecule has 1 amide bonds. The van der Waals surface area contributed by atoms with E-state index < -0.39 is 11.9 Å². The number of rotatable bonds is 6. The van der Waals surface area contributed by atoms with E-state index in [0.717, 1.165) is 24.1 Å². The second-order valence-corrected chi connectivity index (χ2v) is 8.13. The number of hydrogen-bond acceptors (Lipinski definition) is 6. The zero-order valence-corrected chi connectivity index (χ0v) is 17.6. The molecule has 160 valence electrons. The van der Waals surface area contributed by atoms with Crippen molar-refractivity contribution in [2.45, 2.75) is 38.8 Å². The third-order valence-corrected chi connectivity index (χ3v) is 5.89. The molecule has 1 atom stereocenters. The summed E-state index contributed by atoms with van der Waals surface area (Å²) in [5.41, 5.74) is 6.99. The normalized spacial score (nSPS) is 18.5. The van der Waals surface area contributed by atoms with Gasteiger partial charge in [-0.2, -0.15) is 5.10 Å². The van der Waals surface area contributed by atoms with Crippen molar-refractivity contribution in [1.82, 2.24) is 14.3 Å². The maximum absolute atomic E-state index is 13.1. The number of halogens is 1. The summed E-state index contributed by atoms with van der Waals surface area (Å²) in [7, 11) is 0. The first-order valence-electron chi connectivity index (χ1n) is 10.1. The van der Waals surface area contributed by atoms with Gasteiger partial charge in [0, 0.05) is 31.2 Å². The predicted molar refractivity (Wildman–Crippen MR) is 114 cm³/mol. The van der Waals surface area contributed by atoms with Crippen LogP contribution in [0.3, 0.4) is 0 Å². The summed E-state index contributed by atoms with van der Waals surface area (Å²) in [6.45, 7) is 4.01. The Morgan fingerprint density at radius 2 is 2.00 bits per heavy atom. The van der Waals surface area contributed by atoms with Gasteiger partial charge in [0.15, 0.2) is 0 Å². The van der Waals surface area contributed by atoms with Crippen molar-refractivity contribution in [3.8, 4) is 0 Å². The van der Waals surface area contributed by atoms with Gasteiger partial charge in [0.1, 0.15) is 6.04 Å². The fourth-order valence-corrected chi connectivity index (χ4v) is 3.92. The first-order valence-corrected chi connectivity index (χ1v) is 10.5. The second kappa shape index (κ2) is 8.61. The fraction of sp³-hybridized carbons (Fsp3) is 0.500. The predicted octanol–water partition coefficient (Wildman–Crippen LogP) is 1.79. The number of anilines is 1. The SMILES string of the molecule is CC(C(N)=O)n1c(N2CCC(c3ccc(Cl)cc3)=N2)nn(CC2CCOCC2)c1=O. The van der Waals surface area contributed by atoms with Crippen LogP contribution in [0, 0.1) is 5.92 Å².